The molecule has 0 spiro atoms. The van der Waals surface area contributed by atoms with Crippen LogP contribution in [0, 0.1) is 10.1 Å². The Morgan fingerprint density at radius 2 is 1.94 bits per heavy atom. The quantitative estimate of drug-likeness (QED) is 0.307. The van der Waals surface area contributed by atoms with Crippen molar-refractivity contribution in [1.82, 2.24) is 4.57 Å². The molecule has 4 rings (SSSR count). The molecule has 1 aliphatic rings. The molecule has 3 aromatic rings. The third-order valence-corrected chi connectivity index (χ3v) is 6.62. The number of hydrogen-bond donors (Lipinski definition) is 0. The summed E-state index contributed by atoms with van der Waals surface area (Å²) in [5.74, 6) is -0.664. The van der Waals surface area contributed by atoms with Gasteiger partial charge in [-0.2, -0.15) is 0 Å². The van der Waals surface area contributed by atoms with Gasteiger partial charge in [0, 0.05) is 11.1 Å². The van der Waals surface area contributed by atoms with Crippen molar-refractivity contribution in [3.63, 3.8) is 0 Å². The van der Waals surface area contributed by atoms with E-state index in [1.165, 1.54) is 29.9 Å². The van der Waals surface area contributed by atoms with Gasteiger partial charge in [0.05, 0.1) is 33.9 Å². The van der Waals surface area contributed by atoms with Crippen LogP contribution in [0.15, 0.2) is 63.5 Å². The van der Waals surface area contributed by atoms with Crippen LogP contribution in [0.25, 0.3) is 6.08 Å². The fraction of sp³-hybridized carbons (Fsp3) is 0.136. The number of nitro groups is 1. The van der Waals surface area contributed by atoms with Crippen LogP contribution in [0.4, 0.5) is 5.69 Å². The number of rotatable bonds is 4. The molecule has 0 N–H and O–H groups in total. The minimum absolute atomic E-state index is 0.111. The number of esters is 1. The minimum Gasteiger partial charge on any atom is -0.466 e. The fourth-order valence-corrected chi connectivity index (χ4v) is 4.99. The number of aromatic nitrogens is 1. The predicted molar refractivity (Wildman–Crippen MR) is 125 cm³/mol. The average molecular weight is 504 g/mol. The first kappa shape index (κ1) is 22.9. The highest BCUT2D eigenvalue weighted by atomic mass is 35.5. The molecule has 0 aliphatic carbocycles. The van der Waals surface area contributed by atoms with Crippen LogP contribution in [0.2, 0.25) is 10.0 Å². The molecule has 1 atom stereocenters. The van der Waals surface area contributed by atoms with E-state index in [2.05, 4.69) is 4.99 Å². The summed E-state index contributed by atoms with van der Waals surface area (Å²) in [6, 6.07) is 10.1. The van der Waals surface area contributed by atoms with Crippen LogP contribution < -0.4 is 14.9 Å². The molecule has 11 heteroatoms. The van der Waals surface area contributed by atoms with Gasteiger partial charge in [-0.15, -0.1) is 0 Å². The van der Waals surface area contributed by atoms with Gasteiger partial charge < -0.3 is 4.74 Å². The summed E-state index contributed by atoms with van der Waals surface area (Å²) in [6.07, 6.45) is 1.71. The van der Waals surface area contributed by atoms with Gasteiger partial charge in [-0.25, -0.2) is 9.79 Å². The molecular formula is C22H15Cl2N3O5S. The molecule has 0 radical (unpaired) electrons. The second kappa shape index (κ2) is 8.93. The van der Waals surface area contributed by atoms with Crippen molar-refractivity contribution in [3.05, 3.63) is 105 Å². The number of allylic oxidation sites excluding steroid dienone is 1. The van der Waals surface area contributed by atoms with E-state index in [0.717, 1.165) is 16.9 Å². The Labute approximate surface area is 200 Å². The molecule has 0 saturated carbocycles. The third-order valence-electron chi connectivity index (χ3n) is 5.08. The smallest absolute Gasteiger partial charge is 0.338 e. The van der Waals surface area contributed by atoms with Crippen molar-refractivity contribution in [2.45, 2.75) is 13.0 Å². The zero-order chi connectivity index (χ0) is 23.9. The third kappa shape index (κ3) is 4.22. The van der Waals surface area contributed by atoms with E-state index in [1.54, 1.807) is 37.3 Å². The Hall–Kier alpha value is -3.27. The van der Waals surface area contributed by atoms with E-state index in [9.17, 15) is 19.7 Å². The van der Waals surface area contributed by atoms with Crippen LogP contribution in [0.5, 0.6) is 0 Å². The number of nitro benzene ring substituents is 1. The molecule has 0 bridgehead atoms. The minimum atomic E-state index is -0.917. The van der Waals surface area contributed by atoms with Crippen LogP contribution in [-0.4, -0.2) is 22.6 Å². The zero-order valence-electron chi connectivity index (χ0n) is 17.2. The molecule has 0 amide bonds. The van der Waals surface area contributed by atoms with Gasteiger partial charge in [-0.1, -0.05) is 46.7 Å². The number of methoxy groups -OCH3 is 1. The number of carbonyl (C=O) groups excluding carboxylic acids is 1. The van der Waals surface area contributed by atoms with Crippen LogP contribution in [0.3, 0.4) is 0 Å². The lowest BCUT2D eigenvalue weighted by molar-refractivity contribution is -0.384. The van der Waals surface area contributed by atoms with Gasteiger partial charge in [0.15, 0.2) is 4.80 Å². The summed E-state index contributed by atoms with van der Waals surface area (Å²) in [7, 11) is 1.23. The van der Waals surface area contributed by atoms with Gasteiger partial charge in [0.2, 0.25) is 0 Å². The van der Waals surface area contributed by atoms with E-state index in [1.807, 2.05) is 0 Å². The number of halogens is 2. The monoisotopic (exact) mass is 503 g/mol. The van der Waals surface area contributed by atoms with Crippen molar-refractivity contribution < 1.29 is 14.5 Å². The first-order valence-corrected chi connectivity index (χ1v) is 11.1. The summed E-state index contributed by atoms with van der Waals surface area (Å²) >= 11 is 13.2. The fourth-order valence-electron chi connectivity index (χ4n) is 3.56. The molecule has 1 aromatic heterocycles. The van der Waals surface area contributed by atoms with E-state index >= 15 is 0 Å². The number of ether oxygens (including phenoxy) is 1. The number of benzene rings is 2. The average Bonchev–Trinajstić information content (AvgIpc) is 3.08. The first-order chi connectivity index (χ1) is 15.7. The molecule has 33 heavy (non-hydrogen) atoms. The maximum absolute atomic E-state index is 13.4. The number of fused-ring (bicyclic) bond motifs is 1. The highest BCUT2D eigenvalue weighted by Crippen LogP contribution is 2.34. The lowest BCUT2D eigenvalue weighted by atomic mass is 9.95. The predicted octanol–water partition coefficient (Wildman–Crippen LogP) is 3.62. The number of thiazole rings is 1. The van der Waals surface area contributed by atoms with Gasteiger partial charge in [-0.3, -0.25) is 19.5 Å². The van der Waals surface area contributed by atoms with Crippen molar-refractivity contribution in [2.24, 2.45) is 4.99 Å². The zero-order valence-corrected chi connectivity index (χ0v) is 19.6. The van der Waals surface area contributed by atoms with Crippen LogP contribution >= 0.6 is 34.5 Å². The second-order valence-corrected chi connectivity index (χ2v) is 8.95. The lowest BCUT2D eigenvalue weighted by Crippen LogP contribution is -2.39. The summed E-state index contributed by atoms with van der Waals surface area (Å²) < 4.78 is 6.72. The van der Waals surface area contributed by atoms with E-state index in [4.69, 9.17) is 27.9 Å². The highest BCUT2D eigenvalue weighted by Gasteiger charge is 2.33. The molecule has 0 fully saturated rings. The number of hydrogen-bond acceptors (Lipinski definition) is 7. The summed E-state index contributed by atoms with van der Waals surface area (Å²) in [5, 5.41) is 11.6. The van der Waals surface area contributed by atoms with E-state index in [-0.39, 0.29) is 21.8 Å². The Kier molecular flexibility index (Phi) is 6.20. The Bertz CT molecular complexity index is 1510. The van der Waals surface area contributed by atoms with Gasteiger partial charge in [0.1, 0.15) is 5.02 Å². The molecule has 8 nitrogen and oxygen atoms in total. The second-order valence-electron chi connectivity index (χ2n) is 7.09. The van der Waals surface area contributed by atoms with Gasteiger partial charge in [-0.05, 0) is 48.4 Å². The summed E-state index contributed by atoms with van der Waals surface area (Å²) in [6.45, 7) is 1.64. The molecular weight excluding hydrogens is 489 g/mol. The van der Waals surface area contributed by atoms with E-state index < -0.39 is 16.9 Å². The lowest BCUT2D eigenvalue weighted by Gasteiger charge is -2.24. The largest absolute Gasteiger partial charge is 0.466 e. The molecule has 0 saturated heterocycles. The van der Waals surface area contributed by atoms with Crippen molar-refractivity contribution in [1.29, 1.82) is 0 Å². The maximum atomic E-state index is 13.4. The summed E-state index contributed by atoms with van der Waals surface area (Å²) in [5.41, 5.74) is 1.05. The van der Waals surface area contributed by atoms with E-state index in [0.29, 0.717) is 25.6 Å². The Morgan fingerprint density at radius 1 is 1.24 bits per heavy atom. The molecule has 1 unspecified atom stereocenters. The number of nitrogens with zero attached hydrogens (tertiary/aromatic N) is 3. The molecule has 1 aliphatic heterocycles. The van der Waals surface area contributed by atoms with Crippen LogP contribution in [-0.2, 0) is 9.53 Å². The number of carbonyl (C=O) groups is 1. The van der Waals surface area contributed by atoms with Crippen molar-refractivity contribution >= 4 is 52.3 Å². The summed E-state index contributed by atoms with van der Waals surface area (Å²) in [4.78, 5) is 41.5. The van der Waals surface area contributed by atoms with Crippen LogP contribution in [0.1, 0.15) is 24.1 Å². The van der Waals surface area contributed by atoms with Gasteiger partial charge in [0.25, 0.3) is 11.2 Å². The SMILES string of the molecule is COC(=O)C1=C(C)N=c2sc(=Cc3ccc(Cl)cc3)c(=O)n2C1c1ccc([N+](=O)[O-])c(Cl)c1. The Balaban J connectivity index is 1.97. The highest BCUT2D eigenvalue weighted by molar-refractivity contribution is 7.07. The normalized spacial score (nSPS) is 15.8. The standard InChI is InChI=1S/C22H15Cl2N3O5S/c1-11-18(21(29)32-2)19(13-5-8-16(27(30)31)15(24)10-13)26-20(28)17(33-22(26)25-11)9-12-3-6-14(23)7-4-12/h3-10,19H,1-2H3. The molecule has 2 aromatic carbocycles. The molecule has 168 valence electrons. The van der Waals surface area contributed by atoms with Crippen molar-refractivity contribution in [2.75, 3.05) is 7.11 Å². The maximum Gasteiger partial charge on any atom is 0.338 e. The topological polar surface area (TPSA) is 104 Å². The van der Waals surface area contributed by atoms with Gasteiger partial charge >= 0.3 is 5.97 Å². The molecule has 2 heterocycles. The first-order valence-electron chi connectivity index (χ1n) is 9.51. The Morgan fingerprint density at radius 3 is 2.55 bits per heavy atom. The van der Waals surface area contributed by atoms with Crippen molar-refractivity contribution in [3.8, 4) is 0 Å².